The van der Waals surface area contributed by atoms with E-state index in [9.17, 15) is 18.0 Å². The number of alkyl halides is 3. The summed E-state index contributed by atoms with van der Waals surface area (Å²) >= 11 is 0. The van der Waals surface area contributed by atoms with Crippen LogP contribution in [-0.2, 0) is 9.59 Å². The molecule has 0 spiro atoms. The number of aliphatic carboxylic acids is 1. The second-order valence-corrected chi connectivity index (χ2v) is 1.72. The lowest BCUT2D eigenvalue weighted by Gasteiger charge is -1.93. The average molecular weight is 202 g/mol. The van der Waals surface area contributed by atoms with Crippen LogP contribution in [0.2, 0.25) is 0 Å². The lowest BCUT2D eigenvalue weighted by molar-refractivity contribution is -0.192. The minimum atomic E-state index is -5.08. The molecule has 0 aliphatic rings. The molecule has 13 heavy (non-hydrogen) atoms. The van der Waals surface area contributed by atoms with E-state index in [1.807, 2.05) is 5.43 Å². The van der Waals surface area contributed by atoms with Crippen LogP contribution < -0.4 is 11.3 Å². The first-order chi connectivity index (χ1) is 5.75. The molecule has 8 heteroatoms. The van der Waals surface area contributed by atoms with Gasteiger partial charge in [0.25, 0.3) is 0 Å². The highest BCUT2D eigenvalue weighted by Gasteiger charge is 2.38. The number of amides is 1. The van der Waals surface area contributed by atoms with Crippen LogP contribution in [0.5, 0.6) is 0 Å². The van der Waals surface area contributed by atoms with E-state index in [-0.39, 0.29) is 5.91 Å². The summed E-state index contributed by atoms with van der Waals surface area (Å²) in [6.45, 7) is 1.74. The van der Waals surface area contributed by atoms with Gasteiger partial charge in [0, 0.05) is 6.42 Å². The van der Waals surface area contributed by atoms with Crippen LogP contribution in [-0.4, -0.2) is 23.2 Å². The van der Waals surface area contributed by atoms with E-state index in [1.54, 1.807) is 6.92 Å². The highest BCUT2D eigenvalue weighted by Crippen LogP contribution is 2.13. The third kappa shape index (κ3) is 10.7. The molecule has 78 valence electrons. The van der Waals surface area contributed by atoms with E-state index in [2.05, 4.69) is 5.84 Å². The Kier molecular flexibility index (Phi) is 6.82. The lowest BCUT2D eigenvalue weighted by Crippen LogP contribution is -2.28. The topological polar surface area (TPSA) is 92.4 Å². The molecule has 0 radical (unpaired) electrons. The van der Waals surface area contributed by atoms with Crippen LogP contribution in [0.1, 0.15) is 13.3 Å². The van der Waals surface area contributed by atoms with Crippen LogP contribution in [0.25, 0.3) is 0 Å². The number of hydrogen-bond donors (Lipinski definition) is 3. The number of carboxylic acid groups (broad SMARTS) is 1. The van der Waals surface area contributed by atoms with Gasteiger partial charge in [-0.2, -0.15) is 13.2 Å². The van der Waals surface area contributed by atoms with Crippen molar-refractivity contribution in [1.82, 2.24) is 5.43 Å². The summed E-state index contributed by atoms with van der Waals surface area (Å²) in [5, 5.41) is 7.12. The molecule has 0 bridgehead atoms. The largest absolute Gasteiger partial charge is 0.490 e. The van der Waals surface area contributed by atoms with Gasteiger partial charge >= 0.3 is 12.1 Å². The molecule has 0 unspecified atom stereocenters. The van der Waals surface area contributed by atoms with E-state index in [0.717, 1.165) is 0 Å². The molecule has 0 fully saturated rings. The maximum atomic E-state index is 10.6. The second-order valence-electron chi connectivity index (χ2n) is 1.72. The van der Waals surface area contributed by atoms with E-state index in [4.69, 9.17) is 9.90 Å². The Hall–Kier alpha value is -1.31. The number of hydrogen-bond acceptors (Lipinski definition) is 3. The third-order valence-corrected chi connectivity index (χ3v) is 0.725. The smallest absolute Gasteiger partial charge is 0.475 e. The highest BCUT2D eigenvalue weighted by molar-refractivity contribution is 5.74. The number of carbonyl (C=O) groups excluding carboxylic acids is 1. The molecule has 0 rings (SSSR count). The van der Waals surface area contributed by atoms with Crippen LogP contribution in [0, 0.1) is 0 Å². The number of nitrogens with two attached hydrogens (primary N) is 1. The molecule has 0 saturated carbocycles. The molecule has 0 atom stereocenters. The maximum absolute atomic E-state index is 10.6. The van der Waals surface area contributed by atoms with Crippen molar-refractivity contribution in [3.8, 4) is 0 Å². The van der Waals surface area contributed by atoms with Gasteiger partial charge in [0.2, 0.25) is 5.91 Å². The molecular formula is C5H9F3N2O3. The fraction of sp³-hybridized carbons (Fsp3) is 0.600. The first-order valence-corrected chi connectivity index (χ1v) is 3.05. The van der Waals surface area contributed by atoms with Gasteiger partial charge in [-0.3, -0.25) is 10.2 Å². The predicted octanol–water partition coefficient (Wildman–Crippen LogP) is 0.0196. The van der Waals surface area contributed by atoms with Gasteiger partial charge in [-0.15, -0.1) is 0 Å². The molecule has 0 aromatic rings. The van der Waals surface area contributed by atoms with Gasteiger partial charge < -0.3 is 5.11 Å². The number of halogens is 3. The molecule has 0 heterocycles. The van der Waals surface area contributed by atoms with Gasteiger partial charge in [0.1, 0.15) is 0 Å². The number of hydrazine groups is 1. The molecule has 0 aliphatic carbocycles. The Morgan fingerprint density at radius 2 is 1.77 bits per heavy atom. The Morgan fingerprint density at radius 3 is 1.77 bits per heavy atom. The van der Waals surface area contributed by atoms with Gasteiger partial charge in [0.05, 0.1) is 0 Å². The second kappa shape index (κ2) is 6.23. The van der Waals surface area contributed by atoms with Crippen LogP contribution in [0.4, 0.5) is 13.2 Å². The fourth-order valence-electron chi connectivity index (χ4n) is 0.102. The molecule has 1 amide bonds. The van der Waals surface area contributed by atoms with Gasteiger partial charge in [0.15, 0.2) is 0 Å². The van der Waals surface area contributed by atoms with Gasteiger partial charge in [-0.25, -0.2) is 10.6 Å². The Balaban J connectivity index is 0. The third-order valence-electron chi connectivity index (χ3n) is 0.725. The Morgan fingerprint density at radius 1 is 1.46 bits per heavy atom. The standard InChI is InChI=1S/C3H8N2O.C2HF3O2/c1-2-3(6)5-4;3-2(4,5)1(6)7/h2,4H2,1H3,(H,5,6);(H,6,7). The summed E-state index contributed by atoms with van der Waals surface area (Å²) < 4.78 is 31.7. The van der Waals surface area contributed by atoms with Crippen LogP contribution in [0.3, 0.4) is 0 Å². The summed E-state index contributed by atoms with van der Waals surface area (Å²) in [4.78, 5) is 18.8. The molecule has 0 aromatic heterocycles. The zero-order valence-corrected chi connectivity index (χ0v) is 6.68. The molecular weight excluding hydrogens is 193 g/mol. The molecule has 0 aromatic carbocycles. The van der Waals surface area contributed by atoms with Crippen molar-refractivity contribution in [1.29, 1.82) is 0 Å². The zero-order valence-electron chi connectivity index (χ0n) is 6.68. The van der Waals surface area contributed by atoms with E-state index in [1.165, 1.54) is 0 Å². The molecule has 5 nitrogen and oxygen atoms in total. The first-order valence-electron chi connectivity index (χ1n) is 3.05. The molecule has 0 saturated heterocycles. The fourth-order valence-corrected chi connectivity index (χ4v) is 0.102. The summed E-state index contributed by atoms with van der Waals surface area (Å²) in [7, 11) is 0. The SMILES string of the molecule is CCC(=O)NN.O=C(O)C(F)(F)F. The summed E-state index contributed by atoms with van der Waals surface area (Å²) in [5.74, 6) is 1.80. The molecule has 4 N–H and O–H groups in total. The van der Waals surface area contributed by atoms with Gasteiger partial charge in [-0.1, -0.05) is 6.92 Å². The normalized spacial score (nSPS) is 9.62. The zero-order chi connectivity index (χ0) is 11.1. The maximum Gasteiger partial charge on any atom is 0.490 e. The monoisotopic (exact) mass is 202 g/mol. The average Bonchev–Trinajstić information content (AvgIpc) is 2.02. The minimum Gasteiger partial charge on any atom is -0.475 e. The minimum absolute atomic E-state index is 0.130. The highest BCUT2D eigenvalue weighted by atomic mass is 19.4. The Labute approximate surface area is 71.7 Å². The van der Waals surface area contributed by atoms with E-state index in [0.29, 0.717) is 6.42 Å². The van der Waals surface area contributed by atoms with Crippen molar-refractivity contribution in [2.24, 2.45) is 5.84 Å². The van der Waals surface area contributed by atoms with Gasteiger partial charge in [-0.05, 0) is 0 Å². The number of nitrogens with one attached hydrogen (secondary N) is 1. The number of carboxylic acids is 1. The van der Waals surface area contributed by atoms with E-state index >= 15 is 0 Å². The first kappa shape index (κ1) is 14.2. The van der Waals surface area contributed by atoms with Crippen molar-refractivity contribution >= 4 is 11.9 Å². The summed E-state index contributed by atoms with van der Waals surface area (Å²) in [6.07, 6.45) is -4.63. The van der Waals surface area contributed by atoms with Crippen molar-refractivity contribution in [2.45, 2.75) is 19.5 Å². The van der Waals surface area contributed by atoms with Crippen molar-refractivity contribution < 1.29 is 27.9 Å². The quantitative estimate of drug-likeness (QED) is 0.317. The van der Waals surface area contributed by atoms with Crippen molar-refractivity contribution in [2.75, 3.05) is 0 Å². The summed E-state index contributed by atoms with van der Waals surface area (Å²) in [5.41, 5.74) is 1.98. The molecule has 0 aliphatic heterocycles. The Bertz CT molecular complexity index is 174. The van der Waals surface area contributed by atoms with Crippen molar-refractivity contribution in [3.63, 3.8) is 0 Å². The van der Waals surface area contributed by atoms with Crippen molar-refractivity contribution in [3.05, 3.63) is 0 Å². The lowest BCUT2D eigenvalue weighted by atomic mass is 10.5. The number of rotatable bonds is 1. The van der Waals surface area contributed by atoms with Crippen LogP contribution in [0.15, 0.2) is 0 Å². The predicted molar refractivity (Wildman–Crippen MR) is 36.3 cm³/mol. The number of carbonyl (C=O) groups is 2. The summed E-state index contributed by atoms with van der Waals surface area (Å²) in [6, 6.07) is 0. The van der Waals surface area contributed by atoms with E-state index < -0.39 is 12.1 Å². The van der Waals surface area contributed by atoms with Crippen LogP contribution >= 0.6 is 0 Å².